The van der Waals surface area contributed by atoms with Gasteiger partial charge in [0.1, 0.15) is 12.3 Å². The van der Waals surface area contributed by atoms with Crippen molar-refractivity contribution in [1.82, 2.24) is 9.62 Å². The Morgan fingerprint density at radius 2 is 1.25 bits per heavy atom. The second-order valence-electron chi connectivity index (χ2n) is 20.1. The number of carboxylic acids is 2. The number of unbranched alkanes of at least 4 members (excludes halogenated alkanes) is 17. The molecule has 5 aromatic rings. The molecule has 14 heteroatoms. The van der Waals surface area contributed by atoms with Gasteiger partial charge in [0.15, 0.2) is 0 Å². The van der Waals surface area contributed by atoms with Crippen LogP contribution < -0.4 is 36.0 Å². The summed E-state index contributed by atoms with van der Waals surface area (Å²) in [5.41, 5.74) is 6.15. The number of hydrogen-bond acceptors (Lipinski definition) is 8. The molecule has 12 nitrogen and oxygen atoms in total. The molecule has 7 rings (SSSR count). The zero-order chi connectivity index (χ0) is 53.0. The van der Waals surface area contributed by atoms with Crippen molar-refractivity contribution < 1.29 is 68.1 Å². The molecule has 0 unspecified atom stereocenters. The third kappa shape index (κ3) is 16.5. The molecule has 1 saturated heterocycles. The standard InChI is InChI=1S/C61H76IN2O10S/c1-44-25-34-55(57-53(61(68)69)41-49(42-62-58(44)57)59-45(2)52-23-19-20-24-54(52)74-59)73-40-22-18-16-14-12-10-8-6-4-3-5-7-9-11-13-15-17-21-39-72-50-30-26-46(27-31-50)47-35-37-64(38-36-47)75(70,71)51-32-28-48(29-33-51)60(67)63-43-56(65)66/h19-20,23-34,41-42,47H,3-18,21-22,35-40,43H2,1-2H3,(H,63,67)(H,65,66)(H,68,69)/q-1. The molecule has 2 aliphatic rings. The van der Waals surface area contributed by atoms with Gasteiger partial charge in [0.05, 0.1) is 11.5 Å². The Morgan fingerprint density at radius 3 is 1.81 bits per heavy atom. The minimum absolute atomic E-state index is 0.111. The van der Waals surface area contributed by atoms with Crippen LogP contribution in [0.1, 0.15) is 173 Å². The number of nitrogens with one attached hydrogen (secondary N) is 1. The van der Waals surface area contributed by atoms with E-state index in [9.17, 15) is 27.9 Å². The van der Waals surface area contributed by atoms with Crippen LogP contribution in [0.5, 0.6) is 11.5 Å². The minimum atomic E-state index is -3.71. The van der Waals surface area contributed by atoms with Crippen molar-refractivity contribution in [2.24, 2.45) is 0 Å². The predicted octanol–water partition coefficient (Wildman–Crippen LogP) is 10.7. The molecule has 0 saturated carbocycles. The second kappa shape index (κ2) is 29.2. The Kier molecular flexibility index (Phi) is 22.3. The third-order valence-electron chi connectivity index (χ3n) is 14.5. The molecule has 0 bridgehead atoms. The fourth-order valence-corrected chi connectivity index (χ4v) is 14.3. The monoisotopic (exact) mass is 1160 g/mol. The first-order valence-electron chi connectivity index (χ1n) is 27.3. The first-order chi connectivity index (χ1) is 36.4. The Labute approximate surface area is 454 Å². The van der Waals surface area contributed by atoms with Crippen LogP contribution in [0.2, 0.25) is 0 Å². The number of piperidine rings is 1. The number of para-hydroxylation sites is 1. The molecule has 1 aromatic heterocycles. The van der Waals surface area contributed by atoms with Gasteiger partial charge >= 0.3 is 218 Å². The van der Waals surface area contributed by atoms with Crippen molar-refractivity contribution in [2.75, 3.05) is 32.8 Å². The number of ether oxygens (including phenoxy) is 2. The summed E-state index contributed by atoms with van der Waals surface area (Å²) >= 11 is -0.629. The van der Waals surface area contributed by atoms with Crippen LogP contribution in [0, 0.1) is 17.4 Å². The summed E-state index contributed by atoms with van der Waals surface area (Å²) in [7, 11) is -3.71. The molecule has 75 heavy (non-hydrogen) atoms. The number of benzene rings is 4. The average molecular weight is 1160 g/mol. The van der Waals surface area contributed by atoms with Crippen molar-refractivity contribution in [2.45, 2.75) is 153 Å². The van der Waals surface area contributed by atoms with Crippen molar-refractivity contribution in [1.29, 1.82) is 0 Å². The van der Waals surface area contributed by atoms with Gasteiger partial charge in [0.2, 0.25) is 10.0 Å². The molecular formula is C61H76IN2O10S-. The van der Waals surface area contributed by atoms with E-state index in [1.807, 2.05) is 49.4 Å². The van der Waals surface area contributed by atoms with Crippen molar-refractivity contribution in [3.8, 4) is 11.5 Å². The van der Waals surface area contributed by atoms with E-state index in [4.69, 9.17) is 19.0 Å². The number of nitrogens with zero attached hydrogens (tertiary/aromatic N) is 1. The van der Waals surface area contributed by atoms with Crippen molar-refractivity contribution in [3.63, 3.8) is 0 Å². The van der Waals surface area contributed by atoms with Crippen LogP contribution >= 0.6 is 0 Å². The molecule has 404 valence electrons. The summed E-state index contributed by atoms with van der Waals surface area (Å²) in [5, 5.41) is 22.5. The number of furan rings is 1. The van der Waals surface area contributed by atoms with Crippen LogP contribution in [0.15, 0.2) is 104 Å². The van der Waals surface area contributed by atoms with Gasteiger partial charge in [-0.25, -0.2) is 8.42 Å². The second-order valence-corrected chi connectivity index (χ2v) is 24.3. The fraction of sp³-hybridized carbons (Fsp3) is 0.459. The molecular weight excluding hydrogens is 1080 g/mol. The van der Waals surface area contributed by atoms with Crippen LogP contribution in [0.25, 0.3) is 22.1 Å². The molecule has 3 N–H and O–H groups in total. The van der Waals surface area contributed by atoms with E-state index in [0.29, 0.717) is 44.9 Å². The summed E-state index contributed by atoms with van der Waals surface area (Å²) in [5.74, 6) is -0.145. The average Bonchev–Trinajstić information content (AvgIpc) is 3.61. The van der Waals surface area contributed by atoms with E-state index in [2.05, 4.69) is 34.5 Å². The van der Waals surface area contributed by atoms with Gasteiger partial charge in [0, 0.05) is 18.7 Å². The Morgan fingerprint density at radius 1 is 0.693 bits per heavy atom. The maximum atomic E-state index is 13.3. The molecule has 0 atom stereocenters. The van der Waals surface area contributed by atoms with Gasteiger partial charge in [-0.05, 0) is 67.1 Å². The van der Waals surface area contributed by atoms with E-state index in [-0.39, 0.29) is 21.9 Å². The first-order valence-corrected chi connectivity index (χ1v) is 31.0. The molecule has 1 amide bonds. The number of amides is 1. The van der Waals surface area contributed by atoms with Gasteiger partial charge in [-0.1, -0.05) is 76.3 Å². The van der Waals surface area contributed by atoms with E-state index >= 15 is 0 Å². The topological polar surface area (TPSA) is 173 Å². The number of allylic oxidation sites excluding steroid dienone is 2. The maximum absolute atomic E-state index is 13.3. The zero-order valence-corrected chi connectivity index (χ0v) is 46.9. The first kappa shape index (κ1) is 57.3. The molecule has 2 aliphatic heterocycles. The van der Waals surface area contributed by atoms with E-state index in [0.717, 1.165) is 67.6 Å². The normalized spacial score (nSPS) is 14.3. The van der Waals surface area contributed by atoms with E-state index in [1.54, 1.807) is 6.08 Å². The fourth-order valence-electron chi connectivity index (χ4n) is 10.1. The molecule has 0 radical (unpaired) electrons. The molecule has 4 aromatic carbocycles. The van der Waals surface area contributed by atoms with Gasteiger partial charge in [-0.3, -0.25) is 9.59 Å². The number of sulfonamides is 1. The number of carbonyl (C=O) groups excluding carboxylic acids is 1. The number of carboxylic acid groups (broad SMARTS) is 2. The summed E-state index contributed by atoms with van der Waals surface area (Å²) in [6.45, 7) is 5.69. The summed E-state index contributed by atoms with van der Waals surface area (Å²) in [6, 6.07) is 25.8. The SMILES string of the molecule is Cc1ccc(OCCCCCCCCCCCCCCCCCCCCOc2ccc(C3CCN(S(=O)(=O)c4ccc(C(=O)NCC(=O)O)cc4)CC3)cc2)c2c1[I-]C=C(c1oc3ccccc3c1C)C=C2C(=O)O. The molecule has 0 spiro atoms. The van der Waals surface area contributed by atoms with Crippen molar-refractivity contribution in [3.05, 3.63) is 132 Å². The van der Waals surface area contributed by atoms with Gasteiger partial charge in [-0.15, -0.1) is 0 Å². The number of halogens is 1. The van der Waals surface area contributed by atoms with Gasteiger partial charge in [0.25, 0.3) is 5.91 Å². The molecule has 0 aliphatic carbocycles. The Balaban J connectivity index is 0.655. The van der Waals surface area contributed by atoms with Crippen LogP contribution in [0.4, 0.5) is 0 Å². The number of aliphatic carboxylic acids is 2. The quantitative estimate of drug-likeness (QED) is 0.0286. The number of rotatable bonds is 31. The van der Waals surface area contributed by atoms with Crippen LogP contribution in [-0.4, -0.2) is 73.6 Å². The van der Waals surface area contributed by atoms with Crippen LogP contribution in [-0.2, 0) is 19.6 Å². The van der Waals surface area contributed by atoms with E-state index < -0.39 is 55.6 Å². The number of hydrogen-bond donors (Lipinski definition) is 3. The summed E-state index contributed by atoms with van der Waals surface area (Å²) in [4.78, 5) is 35.7. The van der Waals surface area contributed by atoms with E-state index in [1.165, 1.54) is 130 Å². The number of fused-ring (bicyclic) bond motifs is 2. The number of carbonyl (C=O) groups is 3. The molecule has 1 fully saturated rings. The van der Waals surface area contributed by atoms with Gasteiger partial charge in [-0.2, -0.15) is 4.31 Å². The molecule has 3 heterocycles. The van der Waals surface area contributed by atoms with Gasteiger partial charge < -0.3 is 15.2 Å². The zero-order valence-electron chi connectivity index (χ0n) is 43.9. The predicted molar refractivity (Wildman–Crippen MR) is 292 cm³/mol. The van der Waals surface area contributed by atoms with Crippen molar-refractivity contribution >= 4 is 50.0 Å². The Bertz CT molecular complexity index is 2850. The Hall–Kier alpha value is -5.45. The summed E-state index contributed by atoms with van der Waals surface area (Å²) < 4.78 is 50.0. The summed E-state index contributed by atoms with van der Waals surface area (Å²) in [6.07, 6.45) is 25.7. The number of aryl methyl sites for hydroxylation is 2. The third-order valence-corrected chi connectivity index (χ3v) is 19.4. The van der Waals surface area contributed by atoms with Crippen LogP contribution in [0.3, 0.4) is 0 Å².